The van der Waals surface area contributed by atoms with Gasteiger partial charge in [0.2, 0.25) is 0 Å². The largest absolute Gasteiger partial charge is 0.494 e. The van der Waals surface area contributed by atoms with Crippen LogP contribution in [-0.4, -0.2) is 16.2 Å². The third-order valence-electron chi connectivity index (χ3n) is 5.01. The normalized spacial score (nSPS) is 11.4. The molecule has 4 aromatic rings. The van der Waals surface area contributed by atoms with E-state index in [1.165, 1.54) is 11.1 Å². The SMILES string of the molecule is CCOc1ccc(-n2c(SCc3ccc(C(C)C)cc3)nc3ccc(Cl)cc32)cc1. The zero-order valence-electron chi connectivity index (χ0n) is 17.4. The molecule has 0 atom stereocenters. The minimum absolute atomic E-state index is 0.542. The maximum absolute atomic E-state index is 6.30. The molecule has 154 valence electrons. The average Bonchev–Trinajstić information content (AvgIpc) is 3.11. The Morgan fingerprint density at radius 2 is 1.73 bits per heavy atom. The molecule has 0 N–H and O–H groups in total. The van der Waals surface area contributed by atoms with Gasteiger partial charge >= 0.3 is 0 Å². The number of hydrogen-bond acceptors (Lipinski definition) is 3. The van der Waals surface area contributed by atoms with Gasteiger partial charge in [-0.05, 0) is 66.4 Å². The molecule has 0 aliphatic heterocycles. The van der Waals surface area contributed by atoms with Crippen LogP contribution in [0.2, 0.25) is 5.02 Å². The Hall–Kier alpha value is -2.43. The van der Waals surface area contributed by atoms with Crippen LogP contribution in [0.25, 0.3) is 16.7 Å². The van der Waals surface area contributed by atoms with E-state index >= 15 is 0 Å². The second kappa shape index (κ2) is 9.15. The number of nitrogens with zero attached hydrogens (tertiary/aromatic N) is 2. The molecule has 0 amide bonds. The van der Waals surface area contributed by atoms with Gasteiger partial charge in [-0.3, -0.25) is 4.57 Å². The van der Waals surface area contributed by atoms with E-state index in [1.807, 2.05) is 37.3 Å². The van der Waals surface area contributed by atoms with Gasteiger partial charge in [-0.1, -0.05) is 61.5 Å². The van der Waals surface area contributed by atoms with Crippen molar-refractivity contribution in [2.45, 2.75) is 37.6 Å². The number of fused-ring (bicyclic) bond motifs is 1. The minimum Gasteiger partial charge on any atom is -0.494 e. The van der Waals surface area contributed by atoms with Gasteiger partial charge in [0.05, 0.1) is 17.6 Å². The van der Waals surface area contributed by atoms with E-state index in [9.17, 15) is 0 Å². The zero-order chi connectivity index (χ0) is 21.1. The predicted octanol–water partition coefficient (Wildman–Crippen LogP) is 7.49. The lowest BCUT2D eigenvalue weighted by atomic mass is 10.0. The molecule has 0 unspecified atom stereocenters. The molecule has 3 nitrogen and oxygen atoms in total. The zero-order valence-corrected chi connectivity index (χ0v) is 19.0. The summed E-state index contributed by atoms with van der Waals surface area (Å²) in [5.41, 5.74) is 5.63. The summed E-state index contributed by atoms with van der Waals surface area (Å²) in [6.07, 6.45) is 0. The summed E-state index contributed by atoms with van der Waals surface area (Å²) >= 11 is 8.03. The highest BCUT2D eigenvalue weighted by molar-refractivity contribution is 7.98. The van der Waals surface area contributed by atoms with Crippen LogP contribution in [0, 0.1) is 0 Å². The molecule has 0 saturated carbocycles. The van der Waals surface area contributed by atoms with Gasteiger partial charge in [0.1, 0.15) is 5.75 Å². The average molecular weight is 437 g/mol. The van der Waals surface area contributed by atoms with Crippen molar-refractivity contribution in [1.82, 2.24) is 9.55 Å². The number of thioether (sulfide) groups is 1. The molecular weight excluding hydrogens is 412 g/mol. The standard InChI is InChI=1S/C25H25ClN2OS/c1-4-29-22-12-10-21(11-13-22)28-24-15-20(26)9-14-23(24)27-25(28)30-16-18-5-7-19(8-6-18)17(2)3/h5-15,17H,4,16H2,1-3H3. The van der Waals surface area contributed by atoms with Crippen molar-refractivity contribution in [2.75, 3.05) is 6.61 Å². The highest BCUT2D eigenvalue weighted by Crippen LogP contribution is 2.32. The number of ether oxygens (including phenoxy) is 1. The summed E-state index contributed by atoms with van der Waals surface area (Å²) in [6.45, 7) is 7.07. The molecule has 4 rings (SSSR count). The predicted molar refractivity (Wildman–Crippen MR) is 127 cm³/mol. The van der Waals surface area contributed by atoms with Crippen molar-refractivity contribution in [3.63, 3.8) is 0 Å². The number of halogens is 1. The Morgan fingerprint density at radius 3 is 2.40 bits per heavy atom. The molecule has 0 spiro atoms. The van der Waals surface area contributed by atoms with E-state index in [4.69, 9.17) is 21.3 Å². The first-order valence-corrected chi connectivity index (χ1v) is 11.5. The number of benzene rings is 3. The summed E-state index contributed by atoms with van der Waals surface area (Å²) < 4.78 is 7.77. The Kier molecular flexibility index (Phi) is 6.35. The van der Waals surface area contributed by atoms with Crippen LogP contribution in [0.5, 0.6) is 5.75 Å². The van der Waals surface area contributed by atoms with Crippen molar-refractivity contribution in [3.05, 3.63) is 82.9 Å². The molecule has 1 aromatic heterocycles. The summed E-state index contributed by atoms with van der Waals surface area (Å²) in [5, 5.41) is 1.65. The van der Waals surface area contributed by atoms with Crippen LogP contribution in [0.15, 0.2) is 71.9 Å². The molecule has 0 aliphatic carbocycles. The molecular formula is C25H25ClN2OS. The van der Waals surface area contributed by atoms with Crippen molar-refractivity contribution in [1.29, 1.82) is 0 Å². The maximum atomic E-state index is 6.30. The Balaban J connectivity index is 1.67. The van der Waals surface area contributed by atoms with Crippen molar-refractivity contribution in [3.8, 4) is 11.4 Å². The quantitative estimate of drug-likeness (QED) is 0.281. The summed E-state index contributed by atoms with van der Waals surface area (Å²) in [7, 11) is 0. The first-order chi connectivity index (χ1) is 14.5. The van der Waals surface area contributed by atoms with Crippen LogP contribution in [0.3, 0.4) is 0 Å². The highest BCUT2D eigenvalue weighted by atomic mass is 35.5. The number of rotatable bonds is 7. The van der Waals surface area contributed by atoms with Crippen LogP contribution >= 0.6 is 23.4 Å². The van der Waals surface area contributed by atoms with Gasteiger partial charge in [-0.15, -0.1) is 0 Å². The molecule has 0 fully saturated rings. The van der Waals surface area contributed by atoms with Crippen LogP contribution in [-0.2, 0) is 5.75 Å². The lowest BCUT2D eigenvalue weighted by Gasteiger charge is -2.11. The van der Waals surface area contributed by atoms with Gasteiger partial charge in [0, 0.05) is 16.5 Å². The van der Waals surface area contributed by atoms with Gasteiger partial charge < -0.3 is 4.74 Å². The van der Waals surface area contributed by atoms with E-state index in [2.05, 4.69) is 54.8 Å². The monoisotopic (exact) mass is 436 g/mol. The van der Waals surface area contributed by atoms with Gasteiger partial charge in [-0.2, -0.15) is 0 Å². The Morgan fingerprint density at radius 1 is 1.00 bits per heavy atom. The molecule has 30 heavy (non-hydrogen) atoms. The second-order valence-corrected chi connectivity index (χ2v) is 8.85. The van der Waals surface area contributed by atoms with E-state index < -0.39 is 0 Å². The summed E-state index contributed by atoms with van der Waals surface area (Å²) in [6, 6.07) is 22.8. The Bertz CT molecular complexity index is 1130. The number of hydrogen-bond donors (Lipinski definition) is 0. The molecule has 3 aromatic carbocycles. The fraction of sp³-hybridized carbons (Fsp3) is 0.240. The molecule has 0 aliphatic rings. The first kappa shape index (κ1) is 20.8. The van der Waals surface area contributed by atoms with Crippen molar-refractivity contribution in [2.24, 2.45) is 0 Å². The fourth-order valence-corrected chi connectivity index (χ4v) is 4.53. The van der Waals surface area contributed by atoms with E-state index in [1.54, 1.807) is 11.8 Å². The topological polar surface area (TPSA) is 27.1 Å². The van der Waals surface area contributed by atoms with E-state index in [0.717, 1.165) is 33.4 Å². The van der Waals surface area contributed by atoms with Crippen LogP contribution in [0.1, 0.15) is 37.8 Å². The Labute approximate surface area is 187 Å². The van der Waals surface area contributed by atoms with Crippen molar-refractivity contribution >= 4 is 34.4 Å². The fourth-order valence-electron chi connectivity index (χ4n) is 3.38. The first-order valence-electron chi connectivity index (χ1n) is 10.2. The van der Waals surface area contributed by atoms with Crippen LogP contribution < -0.4 is 4.74 Å². The van der Waals surface area contributed by atoms with Crippen LogP contribution in [0.4, 0.5) is 0 Å². The lowest BCUT2D eigenvalue weighted by molar-refractivity contribution is 0.340. The molecule has 1 heterocycles. The molecule has 5 heteroatoms. The third kappa shape index (κ3) is 4.50. The molecule has 0 radical (unpaired) electrons. The number of imidazole rings is 1. The molecule has 0 bridgehead atoms. The summed E-state index contributed by atoms with van der Waals surface area (Å²) in [5.74, 6) is 2.26. The molecule has 0 saturated heterocycles. The second-order valence-electron chi connectivity index (χ2n) is 7.47. The maximum Gasteiger partial charge on any atom is 0.174 e. The minimum atomic E-state index is 0.542. The van der Waals surface area contributed by atoms with Gasteiger partial charge in [0.15, 0.2) is 5.16 Å². The van der Waals surface area contributed by atoms with Crippen molar-refractivity contribution < 1.29 is 4.74 Å². The van der Waals surface area contributed by atoms with Gasteiger partial charge in [0.25, 0.3) is 0 Å². The highest BCUT2D eigenvalue weighted by Gasteiger charge is 2.14. The van der Waals surface area contributed by atoms with E-state index in [0.29, 0.717) is 17.5 Å². The number of aromatic nitrogens is 2. The smallest absolute Gasteiger partial charge is 0.174 e. The lowest BCUT2D eigenvalue weighted by Crippen LogP contribution is -1.98. The summed E-state index contributed by atoms with van der Waals surface area (Å²) in [4.78, 5) is 4.89. The third-order valence-corrected chi connectivity index (χ3v) is 6.25. The van der Waals surface area contributed by atoms with E-state index in [-0.39, 0.29) is 0 Å². The van der Waals surface area contributed by atoms with Gasteiger partial charge in [-0.25, -0.2) is 4.98 Å².